The SMILES string of the molecule is C=CCc1cc(/C=C2\SC(=Nc3ccc(C(=O)O)cc3)N(C)C2=O)cc(OCC)c1OCc1ccc(Cl)cc1. The number of hydrogen-bond donors (Lipinski definition) is 1. The van der Waals surface area contributed by atoms with Gasteiger partial charge in [0.2, 0.25) is 0 Å². The second-order valence-corrected chi connectivity index (χ2v) is 10.0. The smallest absolute Gasteiger partial charge is 0.335 e. The minimum absolute atomic E-state index is 0.170. The Morgan fingerprint density at radius 2 is 1.85 bits per heavy atom. The molecule has 1 aliphatic rings. The molecule has 1 heterocycles. The maximum absolute atomic E-state index is 13.0. The number of hydrogen-bond acceptors (Lipinski definition) is 6. The van der Waals surface area contributed by atoms with Crippen LogP contribution in [-0.4, -0.2) is 40.7 Å². The molecule has 200 valence electrons. The van der Waals surface area contributed by atoms with Crippen LogP contribution >= 0.6 is 23.4 Å². The van der Waals surface area contributed by atoms with Crippen LogP contribution in [0.15, 0.2) is 83.2 Å². The summed E-state index contributed by atoms with van der Waals surface area (Å²) < 4.78 is 12.1. The number of amides is 1. The number of allylic oxidation sites excluding steroid dienone is 1. The third-order valence-corrected chi connectivity index (χ3v) is 7.07. The number of carbonyl (C=O) groups is 2. The van der Waals surface area contributed by atoms with Crippen molar-refractivity contribution in [2.75, 3.05) is 13.7 Å². The molecule has 3 aromatic rings. The van der Waals surface area contributed by atoms with Crippen molar-refractivity contribution in [1.82, 2.24) is 4.90 Å². The predicted octanol–water partition coefficient (Wildman–Crippen LogP) is 6.98. The Balaban J connectivity index is 1.62. The largest absolute Gasteiger partial charge is 0.490 e. The van der Waals surface area contributed by atoms with Gasteiger partial charge in [-0.25, -0.2) is 9.79 Å². The molecule has 3 aromatic carbocycles. The van der Waals surface area contributed by atoms with Crippen LogP contribution < -0.4 is 9.47 Å². The number of aliphatic imine (C=N–C) groups is 1. The van der Waals surface area contributed by atoms with E-state index in [1.54, 1.807) is 31.3 Å². The van der Waals surface area contributed by atoms with E-state index in [1.165, 1.54) is 28.8 Å². The van der Waals surface area contributed by atoms with E-state index in [0.29, 0.717) is 51.9 Å². The molecule has 0 saturated carbocycles. The van der Waals surface area contributed by atoms with E-state index >= 15 is 0 Å². The van der Waals surface area contributed by atoms with Gasteiger partial charge in [0.15, 0.2) is 16.7 Å². The van der Waals surface area contributed by atoms with Gasteiger partial charge in [0.05, 0.1) is 22.8 Å². The quantitative estimate of drug-likeness (QED) is 0.212. The number of rotatable bonds is 10. The van der Waals surface area contributed by atoms with Crippen LogP contribution in [0.25, 0.3) is 6.08 Å². The molecule has 1 amide bonds. The molecule has 0 spiro atoms. The average molecular weight is 563 g/mol. The van der Waals surface area contributed by atoms with Gasteiger partial charge >= 0.3 is 5.97 Å². The minimum atomic E-state index is -1.01. The molecule has 0 aromatic heterocycles. The highest BCUT2D eigenvalue weighted by atomic mass is 35.5. The van der Waals surface area contributed by atoms with Crippen molar-refractivity contribution >= 4 is 52.2 Å². The van der Waals surface area contributed by atoms with Crippen molar-refractivity contribution in [3.05, 3.63) is 106 Å². The monoisotopic (exact) mass is 562 g/mol. The lowest BCUT2D eigenvalue weighted by atomic mass is 10.0. The van der Waals surface area contributed by atoms with E-state index in [1.807, 2.05) is 43.3 Å². The molecule has 0 aliphatic carbocycles. The Hall–Kier alpha value is -4.01. The van der Waals surface area contributed by atoms with Crippen molar-refractivity contribution in [1.29, 1.82) is 0 Å². The number of likely N-dealkylation sites (N-methyl/N-ethyl adjacent to an activating group) is 1. The zero-order chi connectivity index (χ0) is 27.9. The molecular formula is C30H27ClN2O5S. The average Bonchev–Trinajstić information content (AvgIpc) is 3.17. The summed E-state index contributed by atoms with van der Waals surface area (Å²) in [5, 5.41) is 10.3. The second-order valence-electron chi connectivity index (χ2n) is 8.57. The zero-order valence-corrected chi connectivity index (χ0v) is 23.1. The summed E-state index contributed by atoms with van der Waals surface area (Å²) >= 11 is 7.25. The first-order chi connectivity index (χ1) is 18.8. The summed E-state index contributed by atoms with van der Waals surface area (Å²) in [5.41, 5.74) is 3.36. The van der Waals surface area contributed by atoms with Crippen LogP contribution in [0.1, 0.15) is 34.0 Å². The summed E-state index contributed by atoms with van der Waals surface area (Å²) in [6.07, 6.45) is 4.14. The molecule has 7 nitrogen and oxygen atoms in total. The standard InChI is InChI=1S/C30H27ClN2O5S/c1-4-6-22-15-20(16-25(37-5-2)27(22)38-18-19-7-11-23(31)12-8-19)17-26-28(34)33(3)30(39-26)32-24-13-9-21(10-14-24)29(35)36/h4,7-17H,1,5-6,18H2,2-3H3,(H,35,36)/b26-17-,32-30?. The number of ether oxygens (including phenoxy) is 2. The molecule has 0 unspecified atom stereocenters. The van der Waals surface area contributed by atoms with E-state index in [0.717, 1.165) is 16.7 Å². The molecule has 1 fully saturated rings. The fourth-order valence-electron chi connectivity index (χ4n) is 3.83. The van der Waals surface area contributed by atoms with Gasteiger partial charge in [0.1, 0.15) is 6.61 Å². The van der Waals surface area contributed by atoms with Crippen molar-refractivity contribution < 1.29 is 24.2 Å². The Morgan fingerprint density at radius 3 is 2.49 bits per heavy atom. The summed E-state index contributed by atoms with van der Waals surface area (Å²) in [6.45, 7) is 6.57. The molecular weight excluding hydrogens is 536 g/mol. The Labute approximate surface area is 236 Å². The fourth-order valence-corrected chi connectivity index (χ4v) is 4.94. The number of carbonyl (C=O) groups excluding carboxylic acids is 1. The molecule has 4 rings (SSSR count). The maximum atomic E-state index is 13.0. The first-order valence-corrected chi connectivity index (χ1v) is 13.4. The Kier molecular flexibility index (Phi) is 9.11. The van der Waals surface area contributed by atoms with Gasteiger partial charge in [0.25, 0.3) is 5.91 Å². The number of carboxylic acid groups (broad SMARTS) is 1. The van der Waals surface area contributed by atoms with Gasteiger partial charge in [-0.1, -0.05) is 29.8 Å². The fraction of sp³-hybridized carbons (Fsp3) is 0.167. The summed E-state index contributed by atoms with van der Waals surface area (Å²) in [5.74, 6) is 0.00936. The molecule has 1 saturated heterocycles. The molecule has 0 radical (unpaired) electrons. The van der Waals surface area contributed by atoms with E-state index in [4.69, 9.17) is 26.2 Å². The second kappa shape index (κ2) is 12.7. The predicted molar refractivity (Wildman–Crippen MR) is 156 cm³/mol. The van der Waals surface area contributed by atoms with Crippen molar-refractivity contribution in [3.63, 3.8) is 0 Å². The van der Waals surface area contributed by atoms with Gasteiger partial charge in [-0.05, 0) is 90.8 Å². The van der Waals surface area contributed by atoms with Gasteiger partial charge in [-0.15, -0.1) is 6.58 Å². The number of benzene rings is 3. The van der Waals surface area contributed by atoms with E-state index in [9.17, 15) is 9.59 Å². The Morgan fingerprint density at radius 1 is 1.13 bits per heavy atom. The topological polar surface area (TPSA) is 88.4 Å². The number of amidine groups is 1. The molecule has 1 aliphatic heterocycles. The summed E-state index contributed by atoms with van der Waals surface area (Å²) in [6, 6.07) is 17.4. The van der Waals surface area contributed by atoms with Gasteiger partial charge < -0.3 is 14.6 Å². The number of carboxylic acids is 1. The number of aromatic carboxylic acids is 1. The van der Waals surface area contributed by atoms with E-state index in [-0.39, 0.29) is 11.5 Å². The lowest BCUT2D eigenvalue weighted by Crippen LogP contribution is -2.23. The van der Waals surface area contributed by atoms with E-state index < -0.39 is 5.97 Å². The molecule has 9 heteroatoms. The van der Waals surface area contributed by atoms with Crippen LogP contribution in [0.3, 0.4) is 0 Å². The third kappa shape index (κ3) is 6.90. The van der Waals surface area contributed by atoms with Crippen LogP contribution in [0, 0.1) is 0 Å². The van der Waals surface area contributed by atoms with Crippen LogP contribution in [-0.2, 0) is 17.8 Å². The number of nitrogens with zero attached hydrogens (tertiary/aromatic N) is 2. The highest BCUT2D eigenvalue weighted by Crippen LogP contribution is 2.38. The van der Waals surface area contributed by atoms with Crippen molar-refractivity contribution in [2.45, 2.75) is 20.0 Å². The molecule has 0 atom stereocenters. The first kappa shape index (κ1) is 28.0. The number of thioether (sulfide) groups is 1. The third-order valence-electron chi connectivity index (χ3n) is 5.75. The lowest BCUT2D eigenvalue weighted by molar-refractivity contribution is -0.121. The van der Waals surface area contributed by atoms with Crippen molar-refractivity contribution in [2.24, 2.45) is 4.99 Å². The maximum Gasteiger partial charge on any atom is 0.335 e. The van der Waals surface area contributed by atoms with Crippen LogP contribution in [0.5, 0.6) is 11.5 Å². The van der Waals surface area contributed by atoms with Gasteiger partial charge in [0, 0.05) is 17.6 Å². The highest BCUT2D eigenvalue weighted by molar-refractivity contribution is 8.18. The molecule has 0 bridgehead atoms. The normalized spacial score (nSPS) is 15.2. The minimum Gasteiger partial charge on any atom is -0.490 e. The lowest BCUT2D eigenvalue weighted by Gasteiger charge is -2.17. The molecule has 1 N–H and O–H groups in total. The van der Waals surface area contributed by atoms with Gasteiger partial charge in [-0.3, -0.25) is 9.69 Å². The number of halogens is 1. The van der Waals surface area contributed by atoms with Crippen molar-refractivity contribution in [3.8, 4) is 11.5 Å². The molecule has 39 heavy (non-hydrogen) atoms. The Bertz CT molecular complexity index is 1450. The van der Waals surface area contributed by atoms with Gasteiger partial charge in [-0.2, -0.15) is 0 Å². The summed E-state index contributed by atoms with van der Waals surface area (Å²) in [7, 11) is 1.66. The zero-order valence-electron chi connectivity index (χ0n) is 21.5. The van der Waals surface area contributed by atoms with Crippen LogP contribution in [0.4, 0.5) is 5.69 Å². The van der Waals surface area contributed by atoms with E-state index in [2.05, 4.69) is 11.6 Å². The highest BCUT2D eigenvalue weighted by Gasteiger charge is 2.30. The van der Waals surface area contributed by atoms with Crippen LogP contribution in [0.2, 0.25) is 5.02 Å². The summed E-state index contributed by atoms with van der Waals surface area (Å²) in [4.78, 5) is 30.6. The first-order valence-electron chi connectivity index (χ1n) is 12.2.